The minimum Gasteiger partial charge on any atom is -0.382 e. The highest BCUT2D eigenvalue weighted by Gasteiger charge is 2.26. The predicted molar refractivity (Wildman–Crippen MR) is 79.6 cm³/mol. The van der Waals surface area contributed by atoms with Crippen LogP contribution in [0.25, 0.3) is 0 Å². The zero-order valence-corrected chi connectivity index (χ0v) is 12.4. The largest absolute Gasteiger partial charge is 0.382 e. The van der Waals surface area contributed by atoms with E-state index in [1.165, 1.54) is 30.6 Å². The van der Waals surface area contributed by atoms with Crippen LogP contribution >= 0.6 is 11.3 Å². The number of aromatic nitrogens is 1. The number of nitrogens with zero attached hydrogens (tertiary/aromatic N) is 2. The number of carbonyl (C=O) groups is 1. The lowest BCUT2D eigenvalue weighted by molar-refractivity contribution is 0.0712. The number of anilines is 2. The molecule has 0 radical (unpaired) electrons. The van der Waals surface area contributed by atoms with E-state index >= 15 is 0 Å². The molecule has 106 valence electrons. The molecule has 0 bridgehead atoms. The molecule has 6 heteroatoms. The molecule has 5 nitrogen and oxygen atoms in total. The second-order valence-electron chi connectivity index (χ2n) is 4.90. The maximum Gasteiger partial charge on any atom is 0.267 e. The van der Waals surface area contributed by atoms with Crippen LogP contribution in [0.1, 0.15) is 42.8 Å². The molecule has 2 rings (SSSR count). The predicted octanol–water partition coefficient (Wildman–Crippen LogP) is 2.42. The van der Waals surface area contributed by atoms with Gasteiger partial charge in [-0.05, 0) is 32.6 Å². The fourth-order valence-electron chi connectivity index (χ4n) is 2.20. The van der Waals surface area contributed by atoms with Gasteiger partial charge in [-0.3, -0.25) is 4.79 Å². The Hall–Kier alpha value is -1.30. The van der Waals surface area contributed by atoms with Gasteiger partial charge in [0.2, 0.25) is 0 Å². The maximum absolute atomic E-state index is 12.5. The van der Waals surface area contributed by atoms with Crippen molar-refractivity contribution < 1.29 is 4.79 Å². The fourth-order valence-corrected chi connectivity index (χ4v) is 3.12. The van der Waals surface area contributed by atoms with E-state index in [4.69, 9.17) is 5.73 Å². The minimum atomic E-state index is 0.0218. The van der Waals surface area contributed by atoms with Crippen molar-refractivity contribution in [1.29, 1.82) is 0 Å². The quantitative estimate of drug-likeness (QED) is 0.840. The fraction of sp³-hybridized carbons (Fsp3) is 0.692. The second-order valence-corrected chi connectivity index (χ2v) is 5.90. The third-order valence-corrected chi connectivity index (χ3v) is 4.56. The lowest BCUT2D eigenvalue weighted by atomic mass is 9.85. The first-order valence-corrected chi connectivity index (χ1v) is 7.76. The van der Waals surface area contributed by atoms with Gasteiger partial charge in [0.05, 0.1) is 0 Å². The lowest BCUT2D eigenvalue weighted by Gasteiger charge is -2.31. The average molecular weight is 282 g/mol. The summed E-state index contributed by atoms with van der Waals surface area (Å²) in [6, 6.07) is 0. The Morgan fingerprint density at radius 1 is 1.53 bits per heavy atom. The highest BCUT2D eigenvalue weighted by molar-refractivity contribution is 7.18. The van der Waals surface area contributed by atoms with Crippen molar-refractivity contribution in [2.75, 3.05) is 30.7 Å². The second kappa shape index (κ2) is 6.23. The van der Waals surface area contributed by atoms with Crippen LogP contribution in [0.5, 0.6) is 0 Å². The first kappa shape index (κ1) is 14.1. The van der Waals surface area contributed by atoms with E-state index in [-0.39, 0.29) is 5.91 Å². The molecule has 0 aromatic carbocycles. The number of thiazole rings is 1. The molecule has 1 aromatic heterocycles. The molecule has 1 fully saturated rings. The van der Waals surface area contributed by atoms with Crippen molar-refractivity contribution in [3.05, 3.63) is 4.88 Å². The van der Waals surface area contributed by atoms with Crippen LogP contribution in [-0.2, 0) is 0 Å². The number of rotatable bonds is 6. The van der Waals surface area contributed by atoms with Crippen molar-refractivity contribution in [3.63, 3.8) is 0 Å². The van der Waals surface area contributed by atoms with E-state index in [9.17, 15) is 4.79 Å². The molecule has 1 heterocycles. The summed E-state index contributed by atoms with van der Waals surface area (Å²) in [5, 5.41) is 3.83. The monoisotopic (exact) mass is 282 g/mol. The van der Waals surface area contributed by atoms with Crippen LogP contribution in [0.4, 0.5) is 10.9 Å². The standard InChI is InChI=1S/C13H22N4OS/c1-3-15-13-16-11(14)10(19-13)12(18)17(4-2)8-9-6-5-7-9/h9H,3-8,14H2,1-2H3,(H,15,16). The molecule has 0 saturated heterocycles. The van der Waals surface area contributed by atoms with Gasteiger partial charge in [-0.25, -0.2) is 4.98 Å². The average Bonchev–Trinajstić information content (AvgIpc) is 2.69. The Labute approximate surface area is 118 Å². The van der Waals surface area contributed by atoms with Gasteiger partial charge in [-0.15, -0.1) is 0 Å². The molecule has 1 amide bonds. The number of hydrogen-bond acceptors (Lipinski definition) is 5. The summed E-state index contributed by atoms with van der Waals surface area (Å²) in [5.74, 6) is 1.04. The molecule has 1 aliphatic carbocycles. The van der Waals surface area contributed by atoms with Crippen molar-refractivity contribution >= 4 is 28.2 Å². The van der Waals surface area contributed by atoms with Crippen LogP contribution in [0, 0.1) is 5.92 Å². The lowest BCUT2D eigenvalue weighted by Crippen LogP contribution is -2.37. The number of amides is 1. The number of nitrogen functional groups attached to an aromatic ring is 1. The Balaban J connectivity index is 2.07. The third kappa shape index (κ3) is 3.18. The van der Waals surface area contributed by atoms with Crippen LogP contribution in [0.3, 0.4) is 0 Å². The van der Waals surface area contributed by atoms with Gasteiger partial charge in [-0.2, -0.15) is 0 Å². The van der Waals surface area contributed by atoms with Crippen molar-refractivity contribution in [3.8, 4) is 0 Å². The van der Waals surface area contributed by atoms with Crippen molar-refractivity contribution in [2.45, 2.75) is 33.1 Å². The minimum absolute atomic E-state index is 0.0218. The van der Waals surface area contributed by atoms with E-state index in [2.05, 4.69) is 10.3 Å². The number of nitrogens with two attached hydrogens (primary N) is 1. The zero-order valence-electron chi connectivity index (χ0n) is 11.6. The van der Waals surface area contributed by atoms with E-state index < -0.39 is 0 Å². The Morgan fingerprint density at radius 3 is 2.79 bits per heavy atom. The van der Waals surface area contributed by atoms with Gasteiger partial charge in [-0.1, -0.05) is 17.8 Å². The number of hydrogen-bond donors (Lipinski definition) is 2. The van der Waals surface area contributed by atoms with Gasteiger partial charge < -0.3 is 16.0 Å². The summed E-state index contributed by atoms with van der Waals surface area (Å²) in [5.41, 5.74) is 5.85. The van der Waals surface area contributed by atoms with Crippen LogP contribution in [0.15, 0.2) is 0 Å². The molecule has 1 aromatic rings. The van der Waals surface area contributed by atoms with E-state index in [1.54, 1.807) is 0 Å². The first-order chi connectivity index (χ1) is 9.15. The summed E-state index contributed by atoms with van der Waals surface area (Å²) in [7, 11) is 0. The zero-order chi connectivity index (χ0) is 13.8. The van der Waals surface area contributed by atoms with Gasteiger partial charge in [0.25, 0.3) is 5.91 Å². The summed E-state index contributed by atoms with van der Waals surface area (Å²) in [4.78, 5) is 19.1. The Bertz CT molecular complexity index is 442. The maximum atomic E-state index is 12.5. The number of carbonyl (C=O) groups excluding carboxylic acids is 1. The van der Waals surface area contributed by atoms with Gasteiger partial charge >= 0.3 is 0 Å². The topological polar surface area (TPSA) is 71.2 Å². The Kier molecular flexibility index (Phi) is 4.63. The summed E-state index contributed by atoms with van der Waals surface area (Å²) >= 11 is 1.35. The van der Waals surface area contributed by atoms with E-state index in [0.29, 0.717) is 16.6 Å². The molecular weight excluding hydrogens is 260 g/mol. The van der Waals surface area contributed by atoms with Crippen molar-refractivity contribution in [1.82, 2.24) is 9.88 Å². The smallest absolute Gasteiger partial charge is 0.267 e. The highest BCUT2D eigenvalue weighted by atomic mass is 32.1. The van der Waals surface area contributed by atoms with Gasteiger partial charge in [0.1, 0.15) is 10.7 Å². The molecule has 0 spiro atoms. The molecule has 0 aliphatic heterocycles. The first-order valence-electron chi connectivity index (χ1n) is 6.95. The summed E-state index contributed by atoms with van der Waals surface area (Å²) in [6.07, 6.45) is 3.78. The normalized spacial score (nSPS) is 15.1. The molecule has 1 aliphatic rings. The molecule has 19 heavy (non-hydrogen) atoms. The Morgan fingerprint density at radius 2 is 2.26 bits per heavy atom. The van der Waals surface area contributed by atoms with Crippen molar-refractivity contribution in [2.24, 2.45) is 5.92 Å². The van der Waals surface area contributed by atoms with Gasteiger partial charge in [0, 0.05) is 19.6 Å². The number of nitrogens with one attached hydrogen (secondary N) is 1. The third-order valence-electron chi connectivity index (χ3n) is 3.55. The van der Waals surface area contributed by atoms with Crippen LogP contribution in [0.2, 0.25) is 0 Å². The molecular formula is C13H22N4OS. The van der Waals surface area contributed by atoms with Crippen LogP contribution in [-0.4, -0.2) is 35.4 Å². The summed E-state index contributed by atoms with van der Waals surface area (Å²) < 4.78 is 0. The molecule has 1 saturated carbocycles. The van der Waals surface area contributed by atoms with Crippen LogP contribution < -0.4 is 11.1 Å². The van der Waals surface area contributed by atoms with Gasteiger partial charge in [0.15, 0.2) is 5.13 Å². The summed E-state index contributed by atoms with van der Waals surface area (Å²) in [6.45, 7) is 6.36. The SMILES string of the molecule is CCNc1nc(N)c(C(=O)N(CC)CC2CCC2)s1. The van der Waals surface area contributed by atoms with E-state index in [1.807, 2.05) is 18.7 Å². The molecule has 0 atom stereocenters. The van der Waals surface area contributed by atoms with E-state index in [0.717, 1.165) is 24.8 Å². The highest BCUT2D eigenvalue weighted by Crippen LogP contribution is 2.30. The molecule has 3 N–H and O–H groups in total. The molecule has 0 unspecified atom stereocenters.